The van der Waals surface area contributed by atoms with Crippen molar-refractivity contribution in [3.63, 3.8) is 0 Å². The second kappa shape index (κ2) is 13.1. The van der Waals surface area contributed by atoms with Crippen LogP contribution in [0.25, 0.3) is 0 Å². The third-order valence-corrected chi connectivity index (χ3v) is 7.95. The van der Waals surface area contributed by atoms with Crippen molar-refractivity contribution in [3.8, 4) is 0 Å². The summed E-state index contributed by atoms with van der Waals surface area (Å²) >= 11 is 0. The lowest BCUT2D eigenvalue weighted by atomic mass is 9.90. The van der Waals surface area contributed by atoms with Crippen LogP contribution in [0.5, 0.6) is 0 Å². The van der Waals surface area contributed by atoms with Crippen molar-refractivity contribution >= 4 is 12.0 Å². The molecule has 0 amide bonds. The van der Waals surface area contributed by atoms with Crippen LogP contribution in [0.15, 0.2) is 95.4 Å². The van der Waals surface area contributed by atoms with Crippen LogP contribution >= 0.6 is 0 Å². The Balaban J connectivity index is 1.59. The van der Waals surface area contributed by atoms with Crippen molar-refractivity contribution in [2.75, 3.05) is 13.1 Å². The number of nitrogens with zero attached hydrogens (tertiary/aromatic N) is 3. The van der Waals surface area contributed by atoms with E-state index in [0.29, 0.717) is 19.4 Å². The molecule has 5 nitrogen and oxygen atoms in total. The lowest BCUT2D eigenvalue weighted by Crippen LogP contribution is -2.49. The van der Waals surface area contributed by atoms with Crippen LogP contribution in [0.2, 0.25) is 0 Å². The number of rotatable bonds is 11. The van der Waals surface area contributed by atoms with Crippen LogP contribution < -0.4 is 0 Å². The molecule has 0 radical (unpaired) electrons. The maximum absolute atomic E-state index is 11.0. The molecule has 0 saturated heterocycles. The van der Waals surface area contributed by atoms with Gasteiger partial charge in [0.05, 0.1) is 23.6 Å². The Hall–Kier alpha value is -3.70. The highest BCUT2D eigenvalue weighted by atomic mass is 16.3. The van der Waals surface area contributed by atoms with Crippen LogP contribution in [-0.4, -0.2) is 46.1 Å². The summed E-state index contributed by atoms with van der Waals surface area (Å²) in [5, 5.41) is 11.0. The molecule has 0 aliphatic carbocycles. The smallest absolute Gasteiger partial charge is 0.127 e. The lowest BCUT2D eigenvalue weighted by molar-refractivity contribution is -0.107. The van der Waals surface area contributed by atoms with Gasteiger partial charge in [-0.15, -0.1) is 0 Å². The molecule has 2 heterocycles. The Labute approximate surface area is 238 Å². The highest BCUT2D eigenvalue weighted by Gasteiger charge is 2.39. The maximum Gasteiger partial charge on any atom is 0.127 e. The van der Waals surface area contributed by atoms with E-state index in [-0.39, 0.29) is 6.04 Å². The number of aliphatic imine (C=N–C) groups is 1. The molecule has 2 unspecified atom stereocenters. The molecule has 5 heteroatoms. The summed E-state index contributed by atoms with van der Waals surface area (Å²) in [4.78, 5) is 21.0. The fourth-order valence-electron chi connectivity index (χ4n) is 5.88. The van der Waals surface area contributed by atoms with Gasteiger partial charge in [-0.2, -0.15) is 0 Å². The summed E-state index contributed by atoms with van der Waals surface area (Å²) in [7, 11) is 0. The molecule has 1 N–H and O–H groups in total. The van der Waals surface area contributed by atoms with Crippen LogP contribution in [0.4, 0.5) is 0 Å². The van der Waals surface area contributed by atoms with Gasteiger partial charge in [0.2, 0.25) is 0 Å². The molecule has 0 saturated carbocycles. The molecule has 3 aromatic carbocycles. The van der Waals surface area contributed by atoms with Gasteiger partial charge < -0.3 is 19.7 Å². The average Bonchev–Trinajstić information content (AvgIpc) is 2.96. The number of carbonyl (C=O) groups is 1. The van der Waals surface area contributed by atoms with Gasteiger partial charge in [0.15, 0.2) is 0 Å². The molecule has 2 atom stereocenters. The molecule has 0 spiro atoms. The number of hydrogen-bond acceptors (Lipinski definition) is 5. The van der Waals surface area contributed by atoms with Gasteiger partial charge in [0.1, 0.15) is 12.1 Å². The van der Waals surface area contributed by atoms with Crippen molar-refractivity contribution in [2.24, 2.45) is 4.99 Å². The van der Waals surface area contributed by atoms with E-state index < -0.39 is 6.10 Å². The number of aldehydes is 1. The molecular weight excluding hydrogens is 494 g/mol. The zero-order valence-electron chi connectivity index (χ0n) is 23.8. The summed E-state index contributed by atoms with van der Waals surface area (Å²) in [6.07, 6.45) is 5.83. The zero-order valence-corrected chi connectivity index (χ0v) is 23.8. The van der Waals surface area contributed by atoms with E-state index in [1.54, 1.807) is 0 Å². The first-order valence-corrected chi connectivity index (χ1v) is 14.7. The average molecular weight is 536 g/mol. The zero-order chi connectivity index (χ0) is 27.9. The molecule has 3 aromatic rings. The normalized spacial score (nSPS) is 18.9. The first kappa shape index (κ1) is 27.9. The number of aliphatic hydroxyl groups excluding tert-OH is 1. The summed E-state index contributed by atoms with van der Waals surface area (Å²) in [5.41, 5.74) is 8.03. The number of aryl methyl sites for hydroxylation is 2. The van der Waals surface area contributed by atoms with Crippen LogP contribution in [0, 0.1) is 13.8 Å². The summed E-state index contributed by atoms with van der Waals surface area (Å²) in [6, 6.07) is 28.1. The predicted molar refractivity (Wildman–Crippen MR) is 162 cm³/mol. The van der Waals surface area contributed by atoms with Gasteiger partial charge in [-0.1, -0.05) is 103 Å². The molecular formula is C35H41N3O2. The Morgan fingerprint density at radius 2 is 1.55 bits per heavy atom. The predicted octanol–water partition coefficient (Wildman–Crippen LogP) is 6.73. The Morgan fingerprint density at radius 3 is 2.25 bits per heavy atom. The number of hydrogen-bond donors (Lipinski definition) is 1. The van der Waals surface area contributed by atoms with Crippen LogP contribution in [-0.2, 0) is 11.3 Å². The lowest BCUT2D eigenvalue weighted by Gasteiger charge is -2.47. The minimum Gasteiger partial charge on any atom is -0.391 e. The number of carbonyl (C=O) groups excluding carboxylic acids is 1. The van der Waals surface area contributed by atoms with E-state index in [9.17, 15) is 9.90 Å². The van der Waals surface area contributed by atoms with Crippen molar-refractivity contribution in [1.29, 1.82) is 0 Å². The van der Waals surface area contributed by atoms with Gasteiger partial charge in [-0.05, 0) is 43.4 Å². The van der Waals surface area contributed by atoms with Gasteiger partial charge >= 0.3 is 0 Å². The third-order valence-electron chi connectivity index (χ3n) is 7.95. The Morgan fingerprint density at radius 1 is 0.875 bits per heavy atom. The van der Waals surface area contributed by atoms with Crippen LogP contribution in [0.3, 0.4) is 0 Å². The number of unbranched alkanes of at least 4 members (excludes halogenated alkanes) is 4. The Bertz CT molecular complexity index is 1330. The number of aliphatic hydroxyl groups is 1. The van der Waals surface area contributed by atoms with E-state index in [1.807, 2.05) is 0 Å². The quantitative estimate of drug-likeness (QED) is 0.218. The van der Waals surface area contributed by atoms with Gasteiger partial charge in [-0.3, -0.25) is 4.99 Å². The van der Waals surface area contributed by atoms with E-state index in [0.717, 1.165) is 67.9 Å². The summed E-state index contributed by atoms with van der Waals surface area (Å²) in [5.74, 6) is 1.14. The fraction of sp³-hybridized carbons (Fsp3) is 0.371. The molecule has 2 aliphatic heterocycles. The standard InChI is InChI=1S/C35H41N3O2/c1-26-13-17-29(18-14-26)33-34(30-19-15-27(2)16-20-30)38(24-28-11-7-6-8-12-28)35-32(36-33)23-31(40)25-37(35)21-9-4-3-5-10-22-39/h6-8,11-20,22,31,34,40H,3-5,9-10,21,23-25H2,1-2H3. The Kier molecular flexibility index (Phi) is 9.12. The van der Waals surface area contributed by atoms with E-state index >= 15 is 0 Å². The minimum atomic E-state index is -0.452. The maximum atomic E-state index is 11.0. The van der Waals surface area contributed by atoms with E-state index in [2.05, 4.69) is 103 Å². The second-order valence-electron chi connectivity index (χ2n) is 11.2. The van der Waals surface area contributed by atoms with Gasteiger partial charge in [0, 0.05) is 32.5 Å². The topological polar surface area (TPSA) is 56.1 Å². The van der Waals surface area contributed by atoms with Gasteiger partial charge in [0.25, 0.3) is 0 Å². The van der Waals surface area contributed by atoms with Crippen molar-refractivity contribution in [3.05, 3.63) is 118 Å². The van der Waals surface area contributed by atoms with Crippen molar-refractivity contribution in [2.45, 2.75) is 71.1 Å². The van der Waals surface area contributed by atoms with Crippen molar-refractivity contribution < 1.29 is 9.90 Å². The first-order chi connectivity index (χ1) is 19.5. The molecule has 208 valence electrons. The second-order valence-corrected chi connectivity index (χ2v) is 11.2. The largest absolute Gasteiger partial charge is 0.391 e. The molecule has 5 rings (SSSR count). The van der Waals surface area contributed by atoms with E-state index in [4.69, 9.17) is 4.99 Å². The fourth-order valence-corrected chi connectivity index (χ4v) is 5.88. The third kappa shape index (κ3) is 6.53. The molecule has 40 heavy (non-hydrogen) atoms. The molecule has 0 bridgehead atoms. The molecule has 0 fully saturated rings. The molecule has 2 aliphatic rings. The highest BCUT2D eigenvalue weighted by molar-refractivity contribution is 6.06. The van der Waals surface area contributed by atoms with E-state index in [1.165, 1.54) is 22.3 Å². The highest BCUT2D eigenvalue weighted by Crippen LogP contribution is 2.41. The number of benzene rings is 3. The first-order valence-electron chi connectivity index (χ1n) is 14.7. The minimum absolute atomic E-state index is 0.0624. The molecule has 0 aromatic heterocycles. The number of β-amino-alcohol motifs (C(OH)–C–C–N with tert-alkyl or cyclic N) is 1. The van der Waals surface area contributed by atoms with Gasteiger partial charge in [-0.25, -0.2) is 0 Å². The summed E-state index contributed by atoms with van der Waals surface area (Å²) < 4.78 is 0. The van der Waals surface area contributed by atoms with Crippen LogP contribution in [0.1, 0.15) is 72.4 Å². The SMILES string of the molecule is Cc1ccc(C2=NC3=C(N(CCCCCCC=O)CC(O)C3)N(Cc3ccccc3)C2c2ccc(C)cc2)cc1. The van der Waals surface area contributed by atoms with Crippen molar-refractivity contribution in [1.82, 2.24) is 9.80 Å². The summed E-state index contributed by atoms with van der Waals surface area (Å²) in [6.45, 7) is 6.45. The monoisotopic (exact) mass is 535 g/mol.